The summed E-state index contributed by atoms with van der Waals surface area (Å²) in [6.45, 7) is 1.68. The molecule has 0 N–H and O–H groups in total. The Labute approximate surface area is 114 Å². The number of nitrogens with zero attached hydrogens (tertiary/aromatic N) is 1. The number of halogens is 2. The van der Waals surface area contributed by atoms with Gasteiger partial charge in [0.2, 0.25) is 0 Å². The molecule has 19 heavy (non-hydrogen) atoms. The van der Waals surface area contributed by atoms with Crippen molar-refractivity contribution in [3.8, 4) is 6.07 Å². The van der Waals surface area contributed by atoms with E-state index in [0.717, 1.165) is 0 Å². The maximum atomic E-state index is 13.9. The fraction of sp³-hybridized carbons (Fsp3) is 0.143. The number of hydrogen-bond acceptors (Lipinski definition) is 3. The van der Waals surface area contributed by atoms with Gasteiger partial charge in [0.25, 0.3) is 0 Å². The van der Waals surface area contributed by atoms with E-state index in [0.29, 0.717) is 5.76 Å². The average Bonchev–Trinajstić information content (AvgIpc) is 2.82. The quantitative estimate of drug-likeness (QED) is 0.800. The molecule has 1 aromatic carbocycles. The van der Waals surface area contributed by atoms with Crippen molar-refractivity contribution < 1.29 is 13.6 Å². The third-order valence-electron chi connectivity index (χ3n) is 2.70. The number of carbonyl (C=O) groups is 1. The molecule has 0 aliphatic heterocycles. The highest BCUT2D eigenvalue weighted by Crippen LogP contribution is 2.27. The van der Waals surface area contributed by atoms with E-state index in [1.165, 1.54) is 30.5 Å². The van der Waals surface area contributed by atoms with Crippen LogP contribution in [0.25, 0.3) is 0 Å². The van der Waals surface area contributed by atoms with Crippen molar-refractivity contribution in [3.63, 3.8) is 0 Å². The van der Waals surface area contributed by atoms with Gasteiger partial charge in [0.1, 0.15) is 23.8 Å². The highest BCUT2D eigenvalue weighted by molar-refractivity contribution is 6.30. The van der Waals surface area contributed by atoms with Gasteiger partial charge in [-0.3, -0.25) is 4.79 Å². The Morgan fingerprint density at radius 2 is 2.26 bits per heavy atom. The predicted octanol–water partition coefficient (Wildman–Crippen LogP) is 3.87. The summed E-state index contributed by atoms with van der Waals surface area (Å²) in [5, 5.41) is 9.01. The van der Waals surface area contributed by atoms with Crippen molar-refractivity contribution in [2.24, 2.45) is 0 Å². The summed E-state index contributed by atoms with van der Waals surface area (Å²) >= 11 is 5.66. The van der Waals surface area contributed by atoms with Crippen LogP contribution in [0.15, 0.2) is 34.9 Å². The smallest absolute Gasteiger partial charge is 0.187 e. The fourth-order valence-corrected chi connectivity index (χ4v) is 1.93. The minimum atomic E-state index is -1.24. The van der Waals surface area contributed by atoms with Gasteiger partial charge in [-0.05, 0) is 19.1 Å². The number of furan rings is 1. The summed E-state index contributed by atoms with van der Waals surface area (Å²) in [6, 6.07) is 7.55. The highest BCUT2D eigenvalue weighted by atomic mass is 35.5. The van der Waals surface area contributed by atoms with E-state index in [1.54, 1.807) is 13.0 Å². The van der Waals surface area contributed by atoms with Crippen molar-refractivity contribution in [2.45, 2.75) is 12.8 Å². The van der Waals surface area contributed by atoms with Gasteiger partial charge in [0, 0.05) is 5.56 Å². The fourth-order valence-electron chi connectivity index (χ4n) is 1.75. The zero-order valence-corrected chi connectivity index (χ0v) is 10.7. The number of benzene rings is 1. The van der Waals surface area contributed by atoms with E-state index in [9.17, 15) is 9.18 Å². The van der Waals surface area contributed by atoms with E-state index < -0.39 is 17.5 Å². The molecular weight excluding hydrogens is 269 g/mol. The van der Waals surface area contributed by atoms with E-state index in [4.69, 9.17) is 21.3 Å². The molecule has 96 valence electrons. The molecule has 2 rings (SSSR count). The first kappa shape index (κ1) is 13.3. The van der Waals surface area contributed by atoms with Crippen molar-refractivity contribution in [1.29, 1.82) is 5.26 Å². The second-order valence-corrected chi connectivity index (χ2v) is 4.42. The van der Waals surface area contributed by atoms with Crippen LogP contribution in [-0.2, 0) is 0 Å². The highest BCUT2D eigenvalue weighted by Gasteiger charge is 2.26. The molecule has 0 spiro atoms. The number of carbonyl (C=O) groups excluding carboxylic acids is 1. The van der Waals surface area contributed by atoms with Crippen molar-refractivity contribution >= 4 is 17.4 Å². The summed E-state index contributed by atoms with van der Waals surface area (Å²) in [4.78, 5) is 12.2. The first-order chi connectivity index (χ1) is 9.04. The third kappa shape index (κ3) is 2.51. The molecule has 0 bridgehead atoms. The molecule has 5 heteroatoms. The topological polar surface area (TPSA) is 54.0 Å². The average molecular weight is 278 g/mol. The number of Topliss-reactive ketones (excluding diaryl/α,β-unsaturated/α-hetero) is 1. The van der Waals surface area contributed by atoms with Crippen LogP contribution >= 0.6 is 11.6 Å². The summed E-state index contributed by atoms with van der Waals surface area (Å²) < 4.78 is 18.9. The minimum Gasteiger partial charge on any atom is -0.469 e. The van der Waals surface area contributed by atoms with Gasteiger partial charge in [-0.15, -0.1) is 0 Å². The Bertz CT molecular complexity index is 672. The van der Waals surface area contributed by atoms with Gasteiger partial charge in [-0.2, -0.15) is 5.26 Å². The normalized spacial score (nSPS) is 11.9. The molecular formula is C14H9ClFNO2. The Balaban J connectivity index is 2.43. The lowest BCUT2D eigenvalue weighted by Crippen LogP contribution is -2.12. The molecule has 1 aromatic heterocycles. The van der Waals surface area contributed by atoms with Crippen LogP contribution < -0.4 is 0 Å². The SMILES string of the molecule is Cc1cc(C(=O)C(C#N)c2cccc(Cl)c2F)co1. The Morgan fingerprint density at radius 3 is 2.84 bits per heavy atom. The summed E-state index contributed by atoms with van der Waals surface area (Å²) in [7, 11) is 0. The van der Waals surface area contributed by atoms with E-state index in [2.05, 4.69) is 0 Å². The first-order valence-electron chi connectivity index (χ1n) is 5.47. The molecule has 1 heterocycles. The van der Waals surface area contributed by atoms with Crippen molar-refractivity contribution in [2.75, 3.05) is 0 Å². The Morgan fingerprint density at radius 1 is 1.53 bits per heavy atom. The summed E-state index contributed by atoms with van der Waals surface area (Å²) in [6.07, 6.45) is 1.25. The molecule has 0 radical (unpaired) electrons. The number of rotatable bonds is 3. The van der Waals surface area contributed by atoms with Crippen LogP contribution in [0.1, 0.15) is 27.6 Å². The molecule has 0 fully saturated rings. The summed E-state index contributed by atoms with van der Waals surface area (Å²) in [5.74, 6) is -1.95. The molecule has 3 nitrogen and oxygen atoms in total. The number of hydrogen-bond donors (Lipinski definition) is 0. The third-order valence-corrected chi connectivity index (χ3v) is 2.99. The maximum Gasteiger partial charge on any atom is 0.187 e. The second-order valence-electron chi connectivity index (χ2n) is 4.02. The maximum absolute atomic E-state index is 13.9. The Hall–Kier alpha value is -2.12. The van der Waals surface area contributed by atoms with Gasteiger partial charge in [0.05, 0.1) is 16.7 Å². The van der Waals surface area contributed by atoms with Crippen molar-refractivity contribution in [1.82, 2.24) is 0 Å². The van der Waals surface area contributed by atoms with Crippen LogP contribution in [0.2, 0.25) is 5.02 Å². The lowest BCUT2D eigenvalue weighted by molar-refractivity contribution is 0.0977. The monoisotopic (exact) mass is 277 g/mol. The number of aryl methyl sites for hydroxylation is 1. The lowest BCUT2D eigenvalue weighted by atomic mass is 9.92. The largest absolute Gasteiger partial charge is 0.469 e. The molecule has 1 atom stereocenters. The van der Waals surface area contributed by atoms with Crippen LogP contribution in [-0.4, -0.2) is 5.78 Å². The lowest BCUT2D eigenvalue weighted by Gasteiger charge is -2.09. The van der Waals surface area contributed by atoms with Gasteiger partial charge in [-0.25, -0.2) is 4.39 Å². The zero-order chi connectivity index (χ0) is 14.0. The van der Waals surface area contributed by atoms with Gasteiger partial charge >= 0.3 is 0 Å². The molecule has 0 saturated heterocycles. The molecule has 0 aliphatic rings. The first-order valence-corrected chi connectivity index (χ1v) is 5.85. The van der Waals surface area contributed by atoms with E-state index >= 15 is 0 Å². The van der Waals surface area contributed by atoms with Crippen LogP contribution in [0, 0.1) is 24.1 Å². The Kier molecular flexibility index (Phi) is 3.68. The molecule has 1 unspecified atom stereocenters. The number of nitriles is 1. The number of ketones is 1. The summed E-state index contributed by atoms with van der Waals surface area (Å²) in [5.41, 5.74) is 0.210. The van der Waals surface area contributed by atoms with E-state index in [1.807, 2.05) is 0 Å². The molecule has 0 saturated carbocycles. The van der Waals surface area contributed by atoms with Crippen molar-refractivity contribution in [3.05, 3.63) is 58.3 Å². The van der Waals surface area contributed by atoms with E-state index in [-0.39, 0.29) is 16.1 Å². The second kappa shape index (κ2) is 5.25. The standard InChI is InChI=1S/C14H9ClFNO2/c1-8-5-9(7-19-8)14(18)11(6-17)10-3-2-4-12(15)13(10)16/h2-5,7,11H,1H3. The minimum absolute atomic E-state index is 0.0288. The van der Waals surface area contributed by atoms with Crippen LogP contribution in [0.3, 0.4) is 0 Å². The van der Waals surface area contributed by atoms with Crippen LogP contribution in [0.5, 0.6) is 0 Å². The van der Waals surface area contributed by atoms with Crippen LogP contribution in [0.4, 0.5) is 4.39 Å². The molecule has 2 aromatic rings. The van der Waals surface area contributed by atoms with Gasteiger partial charge < -0.3 is 4.42 Å². The molecule has 0 amide bonds. The predicted molar refractivity (Wildman–Crippen MR) is 67.5 cm³/mol. The molecule has 0 aliphatic carbocycles. The zero-order valence-electron chi connectivity index (χ0n) is 9.98. The van der Waals surface area contributed by atoms with Gasteiger partial charge in [0.15, 0.2) is 5.78 Å². The van der Waals surface area contributed by atoms with Gasteiger partial charge in [-0.1, -0.05) is 23.7 Å².